The predicted octanol–water partition coefficient (Wildman–Crippen LogP) is 4.86. The average Bonchev–Trinajstić information content (AvgIpc) is 2.67. The SMILES string of the molecule is CCN(C)C=Nc1cc(OC)c(C(O)(c2cccc(F)c2C)C(F)(F)F)cc1C. The minimum absolute atomic E-state index is 0.203. The molecule has 0 heterocycles. The van der Waals surface area contributed by atoms with Crippen LogP contribution in [0.15, 0.2) is 35.3 Å². The van der Waals surface area contributed by atoms with E-state index in [2.05, 4.69) is 4.99 Å². The molecule has 0 aliphatic rings. The molecule has 0 spiro atoms. The van der Waals surface area contributed by atoms with Gasteiger partial charge in [-0.2, -0.15) is 13.2 Å². The molecule has 0 saturated carbocycles. The Balaban J connectivity index is 2.77. The van der Waals surface area contributed by atoms with E-state index in [4.69, 9.17) is 4.74 Å². The minimum Gasteiger partial charge on any atom is -0.496 e. The van der Waals surface area contributed by atoms with Crippen LogP contribution in [-0.2, 0) is 5.60 Å². The Kier molecular flexibility index (Phi) is 6.57. The first kappa shape index (κ1) is 22.7. The number of aliphatic imine (C=N–C) groups is 1. The van der Waals surface area contributed by atoms with Gasteiger partial charge in [0.2, 0.25) is 5.60 Å². The van der Waals surface area contributed by atoms with Gasteiger partial charge in [0.05, 0.1) is 19.1 Å². The van der Waals surface area contributed by atoms with E-state index < -0.39 is 28.7 Å². The van der Waals surface area contributed by atoms with Crippen molar-refractivity contribution in [2.24, 2.45) is 4.99 Å². The van der Waals surface area contributed by atoms with Crippen LogP contribution in [0.5, 0.6) is 5.75 Å². The molecule has 158 valence electrons. The summed E-state index contributed by atoms with van der Waals surface area (Å²) in [6.45, 7) is 5.40. The molecule has 2 aromatic rings. The predicted molar refractivity (Wildman–Crippen MR) is 104 cm³/mol. The summed E-state index contributed by atoms with van der Waals surface area (Å²) in [6, 6.07) is 5.74. The van der Waals surface area contributed by atoms with Gasteiger partial charge < -0.3 is 14.7 Å². The van der Waals surface area contributed by atoms with E-state index in [0.717, 1.165) is 18.2 Å². The summed E-state index contributed by atoms with van der Waals surface area (Å²) in [4.78, 5) is 6.07. The summed E-state index contributed by atoms with van der Waals surface area (Å²) >= 11 is 0. The molecule has 1 atom stereocenters. The second-order valence-electron chi connectivity index (χ2n) is 6.78. The van der Waals surface area contributed by atoms with E-state index in [1.165, 1.54) is 26.2 Å². The molecule has 2 rings (SSSR count). The lowest BCUT2D eigenvalue weighted by Gasteiger charge is -2.34. The van der Waals surface area contributed by atoms with Crippen molar-refractivity contribution in [2.45, 2.75) is 32.5 Å². The zero-order valence-electron chi connectivity index (χ0n) is 16.9. The number of rotatable bonds is 6. The highest BCUT2D eigenvalue weighted by atomic mass is 19.4. The summed E-state index contributed by atoms with van der Waals surface area (Å²) in [6.07, 6.45) is -3.58. The van der Waals surface area contributed by atoms with Crippen molar-refractivity contribution >= 4 is 12.0 Å². The highest BCUT2D eigenvalue weighted by Gasteiger charge is 2.58. The molecule has 2 aromatic carbocycles. The third-order valence-electron chi connectivity index (χ3n) is 4.87. The van der Waals surface area contributed by atoms with Crippen LogP contribution < -0.4 is 4.74 Å². The highest BCUT2D eigenvalue weighted by molar-refractivity contribution is 5.66. The smallest absolute Gasteiger partial charge is 0.425 e. The maximum absolute atomic E-state index is 14.2. The zero-order valence-corrected chi connectivity index (χ0v) is 16.9. The first-order valence-corrected chi connectivity index (χ1v) is 8.95. The molecule has 0 saturated heterocycles. The van der Waals surface area contributed by atoms with Gasteiger partial charge in [-0.1, -0.05) is 12.1 Å². The van der Waals surface area contributed by atoms with Gasteiger partial charge in [0, 0.05) is 30.8 Å². The molecule has 0 radical (unpaired) electrons. The molecule has 0 bridgehead atoms. The van der Waals surface area contributed by atoms with Crippen LogP contribution in [0.4, 0.5) is 23.2 Å². The highest BCUT2D eigenvalue weighted by Crippen LogP contribution is 2.49. The van der Waals surface area contributed by atoms with E-state index in [9.17, 15) is 22.7 Å². The molecule has 8 heteroatoms. The van der Waals surface area contributed by atoms with Gasteiger partial charge in [-0.25, -0.2) is 9.38 Å². The Morgan fingerprint density at radius 1 is 1.17 bits per heavy atom. The third kappa shape index (κ3) is 4.22. The van der Waals surface area contributed by atoms with Crippen LogP contribution >= 0.6 is 0 Å². The van der Waals surface area contributed by atoms with Crippen LogP contribution in [0.3, 0.4) is 0 Å². The minimum atomic E-state index is -5.13. The zero-order chi connectivity index (χ0) is 22.0. The Bertz CT molecular complexity index is 912. The number of nitrogens with zero attached hydrogens (tertiary/aromatic N) is 2. The van der Waals surface area contributed by atoms with E-state index >= 15 is 0 Å². The quantitative estimate of drug-likeness (QED) is 0.419. The van der Waals surface area contributed by atoms with Gasteiger partial charge in [-0.05, 0) is 44.0 Å². The summed E-state index contributed by atoms with van der Waals surface area (Å²) < 4.78 is 61.7. The fourth-order valence-corrected chi connectivity index (χ4v) is 2.96. The lowest BCUT2D eigenvalue weighted by Crippen LogP contribution is -2.44. The third-order valence-corrected chi connectivity index (χ3v) is 4.87. The summed E-state index contributed by atoms with van der Waals surface area (Å²) in [5.74, 6) is -1.05. The van der Waals surface area contributed by atoms with Gasteiger partial charge in [0.25, 0.3) is 0 Å². The first-order valence-electron chi connectivity index (χ1n) is 8.95. The number of hydrogen-bond donors (Lipinski definition) is 1. The molecule has 0 aliphatic carbocycles. The lowest BCUT2D eigenvalue weighted by atomic mass is 9.81. The average molecular weight is 412 g/mol. The van der Waals surface area contributed by atoms with Gasteiger partial charge in [0.15, 0.2) is 0 Å². The fraction of sp³-hybridized carbons (Fsp3) is 0.381. The number of benzene rings is 2. The van der Waals surface area contributed by atoms with Crippen molar-refractivity contribution in [1.82, 2.24) is 4.90 Å². The van der Waals surface area contributed by atoms with E-state index in [-0.39, 0.29) is 11.3 Å². The Morgan fingerprint density at radius 2 is 1.83 bits per heavy atom. The molecule has 29 heavy (non-hydrogen) atoms. The topological polar surface area (TPSA) is 45.1 Å². The number of aliphatic hydroxyl groups is 1. The number of alkyl halides is 3. The second-order valence-corrected chi connectivity index (χ2v) is 6.78. The fourth-order valence-electron chi connectivity index (χ4n) is 2.96. The Labute approximate surface area is 167 Å². The molecule has 0 aliphatic heterocycles. The normalized spacial score (nSPS) is 14.1. The second kappa shape index (κ2) is 8.41. The van der Waals surface area contributed by atoms with E-state index in [0.29, 0.717) is 17.8 Å². The molecule has 0 aromatic heterocycles. The molecule has 1 unspecified atom stereocenters. The van der Waals surface area contributed by atoms with Gasteiger partial charge in [-0.15, -0.1) is 0 Å². The molecule has 1 N–H and O–H groups in total. The Morgan fingerprint density at radius 3 is 2.38 bits per heavy atom. The van der Waals surface area contributed by atoms with Gasteiger partial charge in [0.1, 0.15) is 11.6 Å². The van der Waals surface area contributed by atoms with Crippen LogP contribution in [0.1, 0.15) is 29.2 Å². The summed E-state index contributed by atoms with van der Waals surface area (Å²) in [5, 5.41) is 11.0. The van der Waals surface area contributed by atoms with Crippen LogP contribution in [-0.4, -0.2) is 43.2 Å². The number of aryl methyl sites for hydroxylation is 1. The number of hydrogen-bond acceptors (Lipinski definition) is 3. The van der Waals surface area contributed by atoms with E-state index in [1.54, 1.807) is 25.2 Å². The van der Waals surface area contributed by atoms with Crippen molar-refractivity contribution in [3.05, 3.63) is 58.4 Å². The number of halogens is 4. The van der Waals surface area contributed by atoms with Crippen LogP contribution in [0.2, 0.25) is 0 Å². The summed E-state index contributed by atoms with van der Waals surface area (Å²) in [5.41, 5.74) is -4.08. The van der Waals surface area contributed by atoms with Gasteiger partial charge >= 0.3 is 6.18 Å². The van der Waals surface area contributed by atoms with Crippen molar-refractivity contribution in [2.75, 3.05) is 20.7 Å². The molecular weight excluding hydrogens is 388 g/mol. The number of ether oxygens (including phenoxy) is 1. The monoisotopic (exact) mass is 412 g/mol. The largest absolute Gasteiger partial charge is 0.496 e. The maximum Gasteiger partial charge on any atom is 0.425 e. The van der Waals surface area contributed by atoms with Gasteiger partial charge in [-0.3, -0.25) is 0 Å². The molecule has 4 nitrogen and oxygen atoms in total. The lowest BCUT2D eigenvalue weighted by molar-refractivity contribution is -0.249. The summed E-state index contributed by atoms with van der Waals surface area (Å²) in [7, 11) is 3.01. The van der Waals surface area contributed by atoms with Crippen molar-refractivity contribution in [3.63, 3.8) is 0 Å². The standard InChI is InChI=1S/C21H24F4N2O2/c1-6-27(4)12-26-18-11-19(29-5)16(10-13(18)2)20(28,21(23,24)25)15-8-7-9-17(22)14(15)3/h7-12,28H,6H2,1-5H3. The first-order chi connectivity index (χ1) is 13.5. The maximum atomic E-state index is 14.2. The van der Waals surface area contributed by atoms with Crippen LogP contribution in [0, 0.1) is 19.7 Å². The molecule has 0 fully saturated rings. The number of methoxy groups -OCH3 is 1. The van der Waals surface area contributed by atoms with E-state index in [1.807, 2.05) is 6.92 Å². The van der Waals surface area contributed by atoms with Crippen molar-refractivity contribution in [1.29, 1.82) is 0 Å². The Hall–Kier alpha value is -2.61. The van der Waals surface area contributed by atoms with Crippen molar-refractivity contribution < 1.29 is 27.4 Å². The van der Waals surface area contributed by atoms with Crippen LogP contribution in [0.25, 0.3) is 0 Å². The molecular formula is C21H24F4N2O2. The molecule has 0 amide bonds. The van der Waals surface area contributed by atoms with Crippen molar-refractivity contribution in [3.8, 4) is 5.75 Å².